The minimum atomic E-state index is -0.142. The largest absolute Gasteiger partial charge is 0.469 e. The monoisotopic (exact) mass is 265 g/mol. The fraction of sp³-hybridized carbons (Fsp3) is 0.615. The number of esters is 1. The molecule has 1 fully saturated rings. The number of anilines is 1. The zero-order valence-electron chi connectivity index (χ0n) is 11.1. The normalized spacial score (nSPS) is 16.4. The van der Waals surface area contributed by atoms with Gasteiger partial charge >= 0.3 is 5.97 Å². The molecule has 0 radical (unpaired) electrons. The highest BCUT2D eigenvalue weighted by atomic mass is 16.5. The molecule has 6 heteroatoms. The van der Waals surface area contributed by atoms with Crippen LogP contribution in [-0.2, 0) is 16.1 Å². The van der Waals surface area contributed by atoms with E-state index in [4.69, 9.17) is 5.11 Å². The lowest BCUT2D eigenvalue weighted by molar-refractivity contribution is -0.141. The predicted octanol–water partition coefficient (Wildman–Crippen LogP) is 0.748. The third kappa shape index (κ3) is 3.64. The van der Waals surface area contributed by atoms with Gasteiger partial charge in [-0.25, -0.2) is 9.97 Å². The standard InChI is InChI=1S/C13H19N3O3/c1-19-12(18)8-10-3-6-16(7-4-10)13-14-5-2-11(9-17)15-13/h2,5,10,17H,3-4,6-9H2,1H3. The van der Waals surface area contributed by atoms with Crippen LogP contribution in [0.5, 0.6) is 0 Å². The molecule has 0 unspecified atom stereocenters. The molecule has 0 saturated carbocycles. The maximum atomic E-state index is 11.2. The first kappa shape index (κ1) is 13.7. The van der Waals surface area contributed by atoms with E-state index >= 15 is 0 Å². The number of carbonyl (C=O) groups is 1. The number of piperidine rings is 1. The summed E-state index contributed by atoms with van der Waals surface area (Å²) in [7, 11) is 1.42. The highest BCUT2D eigenvalue weighted by Crippen LogP contribution is 2.23. The number of aliphatic hydroxyl groups is 1. The number of nitrogens with zero attached hydrogens (tertiary/aromatic N) is 3. The zero-order chi connectivity index (χ0) is 13.7. The van der Waals surface area contributed by atoms with Crippen molar-refractivity contribution in [3.8, 4) is 0 Å². The molecule has 19 heavy (non-hydrogen) atoms. The van der Waals surface area contributed by atoms with E-state index in [1.54, 1.807) is 12.3 Å². The molecule has 1 saturated heterocycles. The van der Waals surface area contributed by atoms with Gasteiger partial charge in [0.2, 0.25) is 5.95 Å². The van der Waals surface area contributed by atoms with E-state index in [9.17, 15) is 4.79 Å². The molecule has 0 aliphatic carbocycles. The SMILES string of the molecule is COC(=O)CC1CCN(c2nccc(CO)n2)CC1. The number of methoxy groups -OCH3 is 1. The van der Waals surface area contributed by atoms with Gasteiger partial charge in [-0.2, -0.15) is 0 Å². The van der Waals surface area contributed by atoms with Gasteiger partial charge in [0.25, 0.3) is 0 Å². The summed E-state index contributed by atoms with van der Waals surface area (Å²) < 4.78 is 4.69. The average Bonchev–Trinajstić information content (AvgIpc) is 2.48. The minimum Gasteiger partial charge on any atom is -0.469 e. The number of hydrogen-bond donors (Lipinski definition) is 1. The van der Waals surface area contributed by atoms with Crippen molar-refractivity contribution in [2.24, 2.45) is 5.92 Å². The molecule has 6 nitrogen and oxygen atoms in total. The van der Waals surface area contributed by atoms with Crippen molar-refractivity contribution in [1.82, 2.24) is 9.97 Å². The maximum Gasteiger partial charge on any atom is 0.305 e. The molecule has 1 aliphatic heterocycles. The Morgan fingerprint density at radius 3 is 2.89 bits per heavy atom. The Morgan fingerprint density at radius 2 is 2.26 bits per heavy atom. The molecule has 0 spiro atoms. The van der Waals surface area contributed by atoms with Crippen LogP contribution in [-0.4, -0.2) is 41.2 Å². The molecule has 1 aromatic rings. The van der Waals surface area contributed by atoms with Gasteiger partial charge in [0.15, 0.2) is 0 Å². The molecule has 1 aliphatic rings. The lowest BCUT2D eigenvalue weighted by Gasteiger charge is -2.31. The van der Waals surface area contributed by atoms with Crippen LogP contribution in [0.3, 0.4) is 0 Å². The lowest BCUT2D eigenvalue weighted by Crippen LogP contribution is -2.35. The van der Waals surface area contributed by atoms with Crippen molar-refractivity contribution in [2.45, 2.75) is 25.9 Å². The summed E-state index contributed by atoms with van der Waals surface area (Å²) >= 11 is 0. The molecule has 1 N–H and O–H groups in total. The number of aliphatic hydroxyl groups excluding tert-OH is 1. The van der Waals surface area contributed by atoms with Crippen molar-refractivity contribution < 1.29 is 14.6 Å². The second kappa shape index (κ2) is 6.47. The minimum absolute atomic E-state index is 0.0751. The Kier molecular flexibility index (Phi) is 4.68. The molecule has 104 valence electrons. The van der Waals surface area contributed by atoms with Crippen LogP contribution in [0.25, 0.3) is 0 Å². The maximum absolute atomic E-state index is 11.2. The molecular formula is C13H19N3O3. The summed E-state index contributed by atoms with van der Waals surface area (Å²) in [6.07, 6.45) is 4.01. The van der Waals surface area contributed by atoms with Gasteiger partial charge in [-0.1, -0.05) is 0 Å². The van der Waals surface area contributed by atoms with E-state index in [1.807, 2.05) is 0 Å². The molecular weight excluding hydrogens is 246 g/mol. The van der Waals surface area contributed by atoms with Crippen molar-refractivity contribution in [2.75, 3.05) is 25.1 Å². The third-order valence-electron chi connectivity index (χ3n) is 3.44. The number of carbonyl (C=O) groups excluding carboxylic acids is 1. The summed E-state index contributed by atoms with van der Waals surface area (Å²) in [5.74, 6) is 0.893. The molecule has 0 aromatic carbocycles. The van der Waals surface area contributed by atoms with Crippen LogP contribution in [0, 0.1) is 5.92 Å². The Balaban J connectivity index is 1.90. The van der Waals surface area contributed by atoms with Gasteiger partial charge in [-0.05, 0) is 24.8 Å². The first-order valence-electron chi connectivity index (χ1n) is 6.47. The van der Waals surface area contributed by atoms with Crippen molar-refractivity contribution >= 4 is 11.9 Å². The Morgan fingerprint density at radius 1 is 1.53 bits per heavy atom. The second-order valence-corrected chi connectivity index (χ2v) is 4.72. The molecule has 1 aromatic heterocycles. The number of rotatable bonds is 4. The van der Waals surface area contributed by atoms with Crippen molar-refractivity contribution in [3.05, 3.63) is 18.0 Å². The van der Waals surface area contributed by atoms with Gasteiger partial charge in [-0.3, -0.25) is 4.79 Å². The van der Waals surface area contributed by atoms with Crippen LogP contribution in [0.1, 0.15) is 25.0 Å². The van der Waals surface area contributed by atoms with E-state index in [0.29, 0.717) is 24.0 Å². The van der Waals surface area contributed by atoms with E-state index in [2.05, 4.69) is 19.6 Å². The van der Waals surface area contributed by atoms with Crippen LogP contribution >= 0.6 is 0 Å². The van der Waals surface area contributed by atoms with Gasteiger partial charge in [-0.15, -0.1) is 0 Å². The van der Waals surface area contributed by atoms with Gasteiger partial charge in [0, 0.05) is 25.7 Å². The highest BCUT2D eigenvalue weighted by molar-refractivity contribution is 5.69. The second-order valence-electron chi connectivity index (χ2n) is 4.72. The lowest BCUT2D eigenvalue weighted by atomic mass is 9.94. The third-order valence-corrected chi connectivity index (χ3v) is 3.44. The fourth-order valence-corrected chi connectivity index (χ4v) is 2.28. The highest BCUT2D eigenvalue weighted by Gasteiger charge is 2.23. The number of aromatic nitrogens is 2. The van der Waals surface area contributed by atoms with Gasteiger partial charge in [0.1, 0.15) is 0 Å². The predicted molar refractivity (Wildman–Crippen MR) is 69.5 cm³/mol. The summed E-state index contributed by atoms with van der Waals surface area (Å²) in [6, 6.07) is 1.70. The summed E-state index contributed by atoms with van der Waals surface area (Å²) in [5.41, 5.74) is 0.627. The summed E-state index contributed by atoms with van der Waals surface area (Å²) in [4.78, 5) is 21.8. The number of hydrogen-bond acceptors (Lipinski definition) is 6. The van der Waals surface area contributed by atoms with Crippen LogP contribution in [0.2, 0.25) is 0 Å². The molecule has 2 rings (SSSR count). The smallest absolute Gasteiger partial charge is 0.305 e. The van der Waals surface area contributed by atoms with Crippen LogP contribution in [0.15, 0.2) is 12.3 Å². The quantitative estimate of drug-likeness (QED) is 0.810. The molecule has 0 amide bonds. The molecule has 0 atom stereocenters. The van der Waals surface area contributed by atoms with E-state index in [-0.39, 0.29) is 12.6 Å². The Hall–Kier alpha value is -1.69. The first-order chi connectivity index (χ1) is 9.22. The summed E-state index contributed by atoms with van der Waals surface area (Å²) in [6.45, 7) is 1.58. The van der Waals surface area contributed by atoms with Crippen LogP contribution < -0.4 is 4.90 Å². The summed E-state index contributed by atoms with van der Waals surface area (Å²) in [5, 5.41) is 9.07. The van der Waals surface area contributed by atoms with Gasteiger partial charge in [0.05, 0.1) is 19.4 Å². The van der Waals surface area contributed by atoms with Gasteiger partial charge < -0.3 is 14.7 Å². The number of ether oxygens (including phenoxy) is 1. The molecule has 0 bridgehead atoms. The van der Waals surface area contributed by atoms with Crippen molar-refractivity contribution in [1.29, 1.82) is 0 Å². The van der Waals surface area contributed by atoms with E-state index < -0.39 is 0 Å². The Bertz CT molecular complexity index is 431. The zero-order valence-corrected chi connectivity index (χ0v) is 11.1. The van der Waals surface area contributed by atoms with Crippen LogP contribution in [0.4, 0.5) is 5.95 Å². The fourth-order valence-electron chi connectivity index (χ4n) is 2.28. The topological polar surface area (TPSA) is 75.5 Å². The average molecular weight is 265 g/mol. The van der Waals surface area contributed by atoms with E-state index in [1.165, 1.54) is 7.11 Å². The Labute approximate surface area is 112 Å². The van der Waals surface area contributed by atoms with Crippen molar-refractivity contribution in [3.63, 3.8) is 0 Å². The first-order valence-corrected chi connectivity index (χ1v) is 6.47. The molecule has 2 heterocycles. The van der Waals surface area contributed by atoms with E-state index in [0.717, 1.165) is 25.9 Å².